The first-order chi connectivity index (χ1) is 25.8. The van der Waals surface area contributed by atoms with Gasteiger partial charge in [0.2, 0.25) is 30.1 Å². The molecule has 0 unspecified atom stereocenters. The van der Waals surface area contributed by atoms with Gasteiger partial charge in [0.05, 0.1) is 28.3 Å². The second-order valence-corrected chi connectivity index (χ2v) is 20.7. The van der Waals surface area contributed by atoms with Crippen LogP contribution in [0.2, 0.25) is 0 Å². The Labute approximate surface area is 325 Å². The lowest BCUT2D eigenvalue weighted by atomic mass is 9.74. The summed E-state index contributed by atoms with van der Waals surface area (Å²) in [4.78, 5) is 11.7. The van der Waals surface area contributed by atoms with Gasteiger partial charge in [-0.05, 0) is 67.1 Å². The van der Waals surface area contributed by atoms with Crippen LogP contribution in [0.5, 0.6) is 5.75 Å². The molecular weight excluding hydrogens is 767 g/mol. The number of piperazine rings is 1. The predicted octanol–water partition coefficient (Wildman–Crippen LogP) is 5.09. The SMILES string of the molecule is C=C(C)[C@@H]1C[C@@H](c2ccc(S(=O)(=O)N(C)Cc3ccccc3)cc2)[C@@H](CC(C)C)O[C@H]1c1cc(S(=O)(=O)N2CCN(S(C)(=O)=O)CC2)ccc1OCC(=O)O. The number of nitrogens with zero attached hydrogens (tertiary/aromatic N) is 3. The molecule has 13 nitrogen and oxygen atoms in total. The van der Waals surface area contributed by atoms with E-state index in [1.807, 2.05) is 49.4 Å². The fourth-order valence-electron chi connectivity index (χ4n) is 7.28. The van der Waals surface area contributed by atoms with Crippen molar-refractivity contribution in [2.45, 2.75) is 68.1 Å². The number of ether oxygens (including phenoxy) is 2. The highest BCUT2D eigenvalue weighted by atomic mass is 32.2. The Kier molecular flexibility index (Phi) is 13.3. The van der Waals surface area contributed by atoms with Crippen LogP contribution in [0.4, 0.5) is 0 Å². The van der Waals surface area contributed by atoms with Gasteiger partial charge in [-0.3, -0.25) is 0 Å². The number of hydrogen-bond donors (Lipinski definition) is 1. The monoisotopic (exact) mass is 817 g/mol. The molecule has 300 valence electrons. The van der Waals surface area contributed by atoms with Crippen molar-refractivity contribution < 1.29 is 44.6 Å². The molecule has 0 amide bonds. The highest BCUT2D eigenvalue weighted by Gasteiger charge is 2.42. The van der Waals surface area contributed by atoms with E-state index in [0.29, 0.717) is 18.4 Å². The average Bonchev–Trinajstić information content (AvgIpc) is 3.13. The van der Waals surface area contributed by atoms with Crippen LogP contribution in [0.1, 0.15) is 62.3 Å². The molecule has 0 aliphatic carbocycles. The van der Waals surface area contributed by atoms with Gasteiger partial charge < -0.3 is 14.6 Å². The summed E-state index contributed by atoms with van der Waals surface area (Å²) in [5.41, 5.74) is 2.87. The molecule has 0 radical (unpaired) electrons. The van der Waals surface area contributed by atoms with E-state index in [9.17, 15) is 35.2 Å². The summed E-state index contributed by atoms with van der Waals surface area (Å²) in [6, 6.07) is 20.5. The lowest BCUT2D eigenvalue weighted by molar-refractivity contribution is -0.139. The van der Waals surface area contributed by atoms with Crippen LogP contribution in [0.25, 0.3) is 0 Å². The Morgan fingerprint density at radius 3 is 2.09 bits per heavy atom. The quantitative estimate of drug-likeness (QED) is 0.204. The lowest BCUT2D eigenvalue weighted by Crippen LogP contribution is -2.50. The summed E-state index contributed by atoms with van der Waals surface area (Å²) in [5.74, 6) is -1.39. The van der Waals surface area contributed by atoms with Crippen molar-refractivity contribution in [2.24, 2.45) is 11.8 Å². The van der Waals surface area contributed by atoms with Crippen LogP contribution in [0.3, 0.4) is 0 Å². The van der Waals surface area contributed by atoms with Gasteiger partial charge in [0, 0.05) is 57.2 Å². The first kappa shape index (κ1) is 42.5. The van der Waals surface area contributed by atoms with Gasteiger partial charge in [0.15, 0.2) is 6.61 Å². The molecule has 5 rings (SSSR count). The largest absolute Gasteiger partial charge is 0.482 e. The van der Waals surface area contributed by atoms with E-state index in [0.717, 1.165) is 23.0 Å². The molecule has 0 saturated carbocycles. The Morgan fingerprint density at radius 1 is 0.927 bits per heavy atom. The lowest BCUT2D eigenvalue weighted by Gasteiger charge is -2.44. The van der Waals surface area contributed by atoms with E-state index in [1.54, 1.807) is 19.2 Å². The summed E-state index contributed by atoms with van der Waals surface area (Å²) < 4.78 is 95.6. The van der Waals surface area contributed by atoms with Crippen LogP contribution in [0, 0.1) is 11.8 Å². The first-order valence-electron chi connectivity index (χ1n) is 18.1. The average molecular weight is 818 g/mol. The maximum absolute atomic E-state index is 14.0. The van der Waals surface area contributed by atoms with Gasteiger partial charge in [0.1, 0.15) is 5.75 Å². The molecule has 55 heavy (non-hydrogen) atoms. The number of carboxylic acid groups (broad SMARTS) is 1. The third-order valence-corrected chi connectivity index (χ3v) is 15.2. The molecule has 1 N–H and O–H groups in total. The Hall–Kier alpha value is -3.64. The molecule has 2 heterocycles. The van der Waals surface area contributed by atoms with Gasteiger partial charge in [-0.1, -0.05) is 68.5 Å². The van der Waals surface area contributed by atoms with Crippen molar-refractivity contribution in [1.29, 1.82) is 0 Å². The molecule has 0 bridgehead atoms. The maximum atomic E-state index is 14.0. The normalized spacial score (nSPS) is 21.8. The zero-order valence-electron chi connectivity index (χ0n) is 31.9. The van der Waals surface area contributed by atoms with Crippen LogP contribution >= 0.6 is 0 Å². The number of benzene rings is 3. The van der Waals surface area contributed by atoms with Crippen molar-refractivity contribution in [3.8, 4) is 5.75 Å². The van der Waals surface area contributed by atoms with Crippen molar-refractivity contribution in [1.82, 2.24) is 12.9 Å². The van der Waals surface area contributed by atoms with Crippen LogP contribution in [-0.2, 0) is 46.1 Å². The van der Waals surface area contributed by atoms with Crippen LogP contribution < -0.4 is 4.74 Å². The van der Waals surface area contributed by atoms with Crippen molar-refractivity contribution in [3.63, 3.8) is 0 Å². The van der Waals surface area contributed by atoms with Crippen LogP contribution in [0.15, 0.2) is 94.7 Å². The first-order valence-corrected chi connectivity index (χ1v) is 22.9. The van der Waals surface area contributed by atoms with Crippen molar-refractivity contribution >= 4 is 36.0 Å². The minimum Gasteiger partial charge on any atom is -0.482 e. The highest BCUT2D eigenvalue weighted by molar-refractivity contribution is 7.89. The smallest absolute Gasteiger partial charge is 0.341 e. The highest BCUT2D eigenvalue weighted by Crippen LogP contribution is 2.50. The second kappa shape index (κ2) is 17.2. The molecule has 3 aromatic rings. The van der Waals surface area contributed by atoms with Crippen LogP contribution in [-0.4, -0.2) is 101 Å². The van der Waals surface area contributed by atoms with E-state index in [2.05, 4.69) is 20.4 Å². The van der Waals surface area contributed by atoms with Gasteiger partial charge in [-0.2, -0.15) is 12.9 Å². The van der Waals surface area contributed by atoms with Gasteiger partial charge in [0.25, 0.3) is 0 Å². The Bertz CT molecular complexity index is 2170. The van der Waals surface area contributed by atoms with E-state index >= 15 is 0 Å². The number of aliphatic carboxylic acids is 1. The minimum atomic E-state index is -4.09. The summed E-state index contributed by atoms with van der Waals surface area (Å²) >= 11 is 0. The number of carboxylic acids is 1. The molecule has 0 spiro atoms. The maximum Gasteiger partial charge on any atom is 0.341 e. The fourth-order valence-corrected chi connectivity index (χ4v) is 10.7. The number of rotatable bonds is 15. The summed E-state index contributed by atoms with van der Waals surface area (Å²) in [6.45, 7) is 9.79. The standard InChI is InChI=1S/C39H51N3O10S3/c1-27(2)22-37-34(30-12-14-31(15-13-30)54(47,48)40(5)25-29-10-8-7-9-11-29)24-33(28(3)4)39(52-37)35-23-32(16-17-36(35)51-26-38(43)44)55(49,50)42-20-18-41(19-21-42)53(6,45)46/h7-17,23,27,33-34,37,39H,3,18-22,24-26H2,1-2,4-6H3,(H,43,44)/t33-,34-,37+,39+/m0/s1. The zero-order valence-corrected chi connectivity index (χ0v) is 34.3. The van der Waals surface area contributed by atoms with Crippen molar-refractivity contribution in [3.05, 3.63) is 102 Å². The molecule has 16 heteroatoms. The topological polar surface area (TPSA) is 168 Å². The number of hydrogen-bond acceptors (Lipinski definition) is 9. The van der Waals surface area contributed by atoms with E-state index in [4.69, 9.17) is 9.47 Å². The molecular formula is C39H51N3O10S3. The van der Waals surface area contributed by atoms with Gasteiger partial charge in [-0.25, -0.2) is 30.0 Å². The van der Waals surface area contributed by atoms with E-state index in [-0.39, 0.29) is 72.1 Å². The summed E-state index contributed by atoms with van der Waals surface area (Å²) in [7, 11) is -9.81. The van der Waals surface area contributed by atoms with Gasteiger partial charge in [-0.15, -0.1) is 0 Å². The second-order valence-electron chi connectivity index (χ2n) is 14.8. The van der Waals surface area contributed by atoms with E-state index in [1.165, 1.54) is 31.1 Å². The third-order valence-electron chi connectivity index (χ3n) is 10.2. The summed E-state index contributed by atoms with van der Waals surface area (Å²) in [6.07, 6.45) is 1.09. The molecule has 2 aliphatic rings. The third kappa shape index (κ3) is 10.0. The number of carbonyl (C=O) groups is 1. The molecule has 2 aliphatic heterocycles. The summed E-state index contributed by atoms with van der Waals surface area (Å²) in [5, 5.41) is 9.46. The van der Waals surface area contributed by atoms with Crippen molar-refractivity contribution in [2.75, 3.05) is 46.1 Å². The molecule has 2 saturated heterocycles. The fraction of sp³-hybridized carbons (Fsp3) is 0.462. The predicted molar refractivity (Wildman–Crippen MR) is 209 cm³/mol. The molecule has 3 aromatic carbocycles. The minimum absolute atomic E-state index is 0.0176. The Balaban J connectivity index is 1.47. The molecule has 2 fully saturated rings. The molecule has 4 atom stereocenters. The number of sulfonamides is 3. The van der Waals surface area contributed by atoms with E-state index < -0.39 is 48.8 Å². The van der Waals surface area contributed by atoms with Gasteiger partial charge >= 0.3 is 5.97 Å². The molecule has 0 aromatic heterocycles. The zero-order chi connectivity index (χ0) is 40.3. The Morgan fingerprint density at radius 2 is 1.53 bits per heavy atom.